The summed E-state index contributed by atoms with van der Waals surface area (Å²) >= 11 is 7.53. The van der Waals surface area contributed by atoms with E-state index in [2.05, 4.69) is 31.6 Å². The lowest BCUT2D eigenvalue weighted by atomic mass is 10.0. The second-order valence-corrected chi connectivity index (χ2v) is 16.3. The molecule has 0 saturated heterocycles. The molecule has 0 bridgehead atoms. The number of amides is 4. The first-order valence-corrected chi connectivity index (χ1v) is 20.6. The minimum absolute atomic E-state index is 0.0503. The summed E-state index contributed by atoms with van der Waals surface area (Å²) in [6.45, 7) is 9.52. The average molecular weight is 862 g/mol. The summed E-state index contributed by atoms with van der Waals surface area (Å²) in [6, 6.07) is 8.77. The molecule has 1 heterocycles. The molecule has 0 radical (unpaired) electrons. The Kier molecular flexibility index (Phi) is 18.4. The van der Waals surface area contributed by atoms with Crippen molar-refractivity contribution in [3.63, 3.8) is 0 Å². The van der Waals surface area contributed by atoms with Gasteiger partial charge in [-0.3, -0.25) is 23.5 Å². The van der Waals surface area contributed by atoms with Crippen LogP contribution >= 0.6 is 22.9 Å². The highest BCUT2D eigenvalue weighted by atomic mass is 35.5. The van der Waals surface area contributed by atoms with E-state index < -0.39 is 58.2 Å². The number of nitrogens with one attached hydrogen (secondary N) is 5. The molecular formula is C36H47ClF3N7O8S2. The zero-order valence-corrected chi connectivity index (χ0v) is 34.6. The number of aliphatic carboxylic acids is 1. The van der Waals surface area contributed by atoms with Gasteiger partial charge >= 0.3 is 12.1 Å². The van der Waals surface area contributed by atoms with Crippen LogP contribution in [0, 0.1) is 5.92 Å². The monoisotopic (exact) mass is 861 g/mol. The number of carbonyl (C=O) groups excluding carboxylic acids is 4. The number of halogens is 4. The van der Waals surface area contributed by atoms with Crippen molar-refractivity contribution >= 4 is 68.2 Å². The van der Waals surface area contributed by atoms with Gasteiger partial charge < -0.3 is 31.7 Å². The highest BCUT2D eigenvalue weighted by molar-refractivity contribution is 7.92. The van der Waals surface area contributed by atoms with Gasteiger partial charge in [-0.05, 0) is 62.6 Å². The molecule has 0 spiro atoms. The number of likely N-dealkylation sites (N-methyl/N-ethyl adjacent to an activating group) is 1. The van der Waals surface area contributed by atoms with Crippen molar-refractivity contribution in [2.45, 2.75) is 71.4 Å². The number of benzene rings is 2. The summed E-state index contributed by atoms with van der Waals surface area (Å²) in [5.41, 5.74) is 3.39. The van der Waals surface area contributed by atoms with Gasteiger partial charge in [0, 0.05) is 54.1 Å². The van der Waals surface area contributed by atoms with Crippen molar-refractivity contribution < 1.29 is 50.7 Å². The molecule has 0 aliphatic heterocycles. The first kappa shape index (κ1) is 48.4. The topological polar surface area (TPSA) is 216 Å². The standard InChI is InChI=1S/C34H46ClN7O6S2.C2HF3O2/c1-8-36-34(46)30(20(2)3)41-31(43)22(5)37-17-27(16-28-18-49-19-38-28)40-33(45)25-12-24(14-29(15-25)42(6)50(7,47)48)32(44)39-21(4)23-10-9-11-26(35)13-23;3-2(4,5)1(6)7/h9-15,18-22,27,30,37H,8,16-17H2,1-7H3,(H,36,46)(H,39,44)(H,40,45)(H,41,43);(H,6,7)/t21-,22+,27+,30+;/m1./s1. The van der Waals surface area contributed by atoms with Gasteiger partial charge in [-0.25, -0.2) is 18.2 Å². The van der Waals surface area contributed by atoms with Crippen molar-refractivity contribution in [2.24, 2.45) is 5.92 Å². The van der Waals surface area contributed by atoms with Gasteiger partial charge in [0.15, 0.2) is 0 Å². The molecule has 4 amide bonds. The Morgan fingerprint density at radius 2 is 1.54 bits per heavy atom. The number of hydrogen-bond acceptors (Lipinski definition) is 10. The summed E-state index contributed by atoms with van der Waals surface area (Å²) in [7, 11) is -2.41. The third kappa shape index (κ3) is 15.9. The zero-order valence-electron chi connectivity index (χ0n) is 32.2. The molecule has 4 atom stereocenters. The van der Waals surface area contributed by atoms with E-state index in [9.17, 15) is 40.8 Å². The van der Waals surface area contributed by atoms with Crippen LogP contribution in [0.5, 0.6) is 0 Å². The number of carboxylic acid groups (broad SMARTS) is 1. The van der Waals surface area contributed by atoms with Crippen LogP contribution in [0.3, 0.4) is 0 Å². The number of carbonyl (C=O) groups is 5. The van der Waals surface area contributed by atoms with Crippen LogP contribution in [-0.2, 0) is 30.8 Å². The third-order valence-corrected chi connectivity index (χ3v) is 10.3. The molecule has 0 unspecified atom stereocenters. The minimum atomic E-state index is -5.08. The lowest BCUT2D eigenvalue weighted by molar-refractivity contribution is -0.192. The molecule has 0 fully saturated rings. The van der Waals surface area contributed by atoms with Crippen LogP contribution in [0.1, 0.15) is 72.6 Å². The van der Waals surface area contributed by atoms with Gasteiger partial charge in [-0.15, -0.1) is 11.3 Å². The molecule has 21 heteroatoms. The predicted molar refractivity (Wildman–Crippen MR) is 211 cm³/mol. The van der Waals surface area contributed by atoms with Crippen molar-refractivity contribution in [1.29, 1.82) is 0 Å². The number of thiazole rings is 1. The van der Waals surface area contributed by atoms with Gasteiger partial charge in [0.05, 0.1) is 35.2 Å². The molecule has 3 rings (SSSR count). The SMILES string of the molecule is CCNC(=O)[C@@H](NC(=O)[C@H](C)NC[C@H](Cc1cscn1)NC(=O)c1cc(C(=O)N[C@H](C)c2cccc(Cl)c2)cc(N(C)S(C)(=O)=O)c1)C(C)C.O=C(O)C(F)(F)F. The Balaban J connectivity index is 0.00000146. The maximum Gasteiger partial charge on any atom is 0.490 e. The molecule has 0 aliphatic rings. The number of carboxylic acids is 1. The van der Waals surface area contributed by atoms with Gasteiger partial charge in [-0.2, -0.15) is 13.2 Å². The van der Waals surface area contributed by atoms with Crippen LogP contribution in [0.2, 0.25) is 5.02 Å². The Labute approximate surface area is 338 Å². The molecule has 15 nitrogen and oxygen atoms in total. The van der Waals surface area contributed by atoms with Crippen molar-refractivity contribution in [1.82, 2.24) is 31.6 Å². The molecule has 6 N–H and O–H groups in total. The number of aromatic nitrogens is 1. The van der Waals surface area contributed by atoms with Crippen LogP contribution < -0.4 is 30.9 Å². The quantitative estimate of drug-likeness (QED) is 0.115. The summed E-state index contributed by atoms with van der Waals surface area (Å²) in [4.78, 5) is 66.0. The highest BCUT2D eigenvalue weighted by Crippen LogP contribution is 2.23. The fourth-order valence-corrected chi connectivity index (χ4v) is 6.19. The van der Waals surface area contributed by atoms with Crippen LogP contribution in [-0.4, -0.2) is 98.8 Å². The maximum absolute atomic E-state index is 13.8. The number of sulfonamides is 1. The molecule has 1 aromatic heterocycles. The Morgan fingerprint density at radius 3 is 2.04 bits per heavy atom. The first-order chi connectivity index (χ1) is 26.4. The Hall–Kier alpha value is -4.79. The number of alkyl halides is 3. The summed E-state index contributed by atoms with van der Waals surface area (Å²) in [5.74, 6) is -4.64. The number of rotatable bonds is 17. The molecular weight excluding hydrogens is 815 g/mol. The predicted octanol–water partition coefficient (Wildman–Crippen LogP) is 3.91. The van der Waals surface area contributed by atoms with Crippen LogP contribution in [0.25, 0.3) is 0 Å². The lowest BCUT2D eigenvalue weighted by Crippen LogP contribution is -2.55. The van der Waals surface area contributed by atoms with E-state index in [1.165, 1.54) is 36.6 Å². The summed E-state index contributed by atoms with van der Waals surface area (Å²) in [5, 5.41) is 24.0. The number of nitrogens with zero attached hydrogens (tertiary/aromatic N) is 2. The van der Waals surface area contributed by atoms with E-state index in [1.807, 2.05) is 25.3 Å². The van der Waals surface area contributed by atoms with E-state index in [0.29, 0.717) is 18.0 Å². The Morgan fingerprint density at radius 1 is 0.947 bits per heavy atom. The summed E-state index contributed by atoms with van der Waals surface area (Å²) < 4.78 is 57.7. The fourth-order valence-electron chi connectivity index (χ4n) is 4.93. The Bertz CT molecular complexity index is 1970. The minimum Gasteiger partial charge on any atom is -0.475 e. The van der Waals surface area contributed by atoms with E-state index in [4.69, 9.17) is 21.5 Å². The smallest absolute Gasteiger partial charge is 0.475 e. The van der Waals surface area contributed by atoms with Gasteiger partial charge in [0.25, 0.3) is 11.8 Å². The van der Waals surface area contributed by atoms with Crippen LogP contribution in [0.4, 0.5) is 18.9 Å². The molecule has 0 aliphatic carbocycles. The van der Waals surface area contributed by atoms with Crippen LogP contribution in [0.15, 0.2) is 53.4 Å². The van der Waals surface area contributed by atoms with Gasteiger partial charge in [0.1, 0.15) is 6.04 Å². The largest absolute Gasteiger partial charge is 0.490 e. The maximum atomic E-state index is 13.8. The zero-order chi connectivity index (χ0) is 43.2. The molecule has 314 valence electrons. The number of anilines is 1. The third-order valence-electron chi connectivity index (χ3n) is 8.18. The molecule has 57 heavy (non-hydrogen) atoms. The highest BCUT2D eigenvalue weighted by Gasteiger charge is 2.38. The van der Waals surface area contributed by atoms with Gasteiger partial charge in [-0.1, -0.05) is 37.6 Å². The second kappa shape index (κ2) is 21.7. The number of hydrogen-bond donors (Lipinski definition) is 6. The van der Waals surface area contributed by atoms with E-state index >= 15 is 0 Å². The van der Waals surface area contributed by atoms with E-state index in [0.717, 1.165) is 21.8 Å². The molecule has 0 saturated carbocycles. The molecule has 3 aromatic rings. The molecule has 2 aromatic carbocycles. The fraction of sp³-hybridized carbons (Fsp3) is 0.444. The van der Waals surface area contributed by atoms with E-state index in [-0.39, 0.29) is 41.1 Å². The van der Waals surface area contributed by atoms with Crippen molar-refractivity contribution in [3.8, 4) is 0 Å². The average Bonchev–Trinajstić information content (AvgIpc) is 3.64. The normalized spacial score (nSPS) is 13.5. The second-order valence-electron chi connectivity index (χ2n) is 13.2. The van der Waals surface area contributed by atoms with Crippen molar-refractivity contribution in [3.05, 3.63) is 80.8 Å². The van der Waals surface area contributed by atoms with Gasteiger partial charge in [0.2, 0.25) is 21.8 Å². The first-order valence-electron chi connectivity index (χ1n) is 17.4. The van der Waals surface area contributed by atoms with E-state index in [1.54, 1.807) is 44.5 Å². The van der Waals surface area contributed by atoms with Crippen molar-refractivity contribution in [2.75, 3.05) is 30.7 Å². The lowest BCUT2D eigenvalue weighted by Gasteiger charge is -2.25. The summed E-state index contributed by atoms with van der Waals surface area (Å²) in [6.07, 6.45) is -3.75.